The van der Waals surface area contributed by atoms with Gasteiger partial charge in [-0.2, -0.15) is 4.98 Å². The van der Waals surface area contributed by atoms with E-state index in [1.54, 1.807) is 19.2 Å². The molecule has 1 amide bonds. The number of carbonyl (C=O) groups is 1. The zero-order valence-corrected chi connectivity index (χ0v) is 16.8. The van der Waals surface area contributed by atoms with Crippen LogP contribution in [0.15, 0.2) is 53.1 Å². The van der Waals surface area contributed by atoms with Crippen LogP contribution < -0.4 is 4.74 Å². The Morgan fingerprint density at radius 2 is 2.04 bits per heavy atom. The number of benzene rings is 2. The van der Waals surface area contributed by atoms with Gasteiger partial charge in [0, 0.05) is 12.6 Å². The van der Waals surface area contributed by atoms with Crippen LogP contribution in [0.25, 0.3) is 11.4 Å². The van der Waals surface area contributed by atoms with Gasteiger partial charge in [0.2, 0.25) is 11.7 Å². The third-order valence-electron chi connectivity index (χ3n) is 4.25. The predicted octanol–water partition coefficient (Wildman–Crippen LogP) is 4.51. The summed E-state index contributed by atoms with van der Waals surface area (Å²) in [6.45, 7) is 4.08. The summed E-state index contributed by atoms with van der Waals surface area (Å²) in [5.74, 6) is 1.16. The van der Waals surface area contributed by atoms with Crippen LogP contribution in [0.5, 0.6) is 5.75 Å². The van der Waals surface area contributed by atoms with Gasteiger partial charge in [0.05, 0.1) is 11.6 Å². The topological polar surface area (TPSA) is 68.5 Å². The van der Waals surface area contributed by atoms with Crippen molar-refractivity contribution >= 4 is 17.5 Å². The summed E-state index contributed by atoms with van der Waals surface area (Å²) in [6.07, 6.45) is -0.142. The summed E-state index contributed by atoms with van der Waals surface area (Å²) in [7, 11) is 1.68. The first-order valence-electron chi connectivity index (χ1n) is 9.03. The number of rotatable bonds is 7. The molecule has 1 aromatic heterocycles. The van der Waals surface area contributed by atoms with E-state index in [0.717, 1.165) is 11.1 Å². The molecule has 0 bridgehead atoms. The second kappa shape index (κ2) is 8.89. The van der Waals surface area contributed by atoms with Crippen molar-refractivity contribution in [1.82, 2.24) is 15.0 Å². The number of para-hydroxylation sites is 1. The molecule has 1 unspecified atom stereocenters. The van der Waals surface area contributed by atoms with Gasteiger partial charge in [-0.05, 0) is 31.5 Å². The third-order valence-corrected chi connectivity index (χ3v) is 4.56. The lowest BCUT2D eigenvalue weighted by atomic mass is 10.1. The van der Waals surface area contributed by atoms with E-state index in [-0.39, 0.29) is 12.5 Å². The second-order valence-corrected chi connectivity index (χ2v) is 6.93. The van der Waals surface area contributed by atoms with E-state index in [1.165, 1.54) is 4.90 Å². The van der Waals surface area contributed by atoms with E-state index < -0.39 is 6.10 Å². The highest BCUT2D eigenvalue weighted by atomic mass is 35.5. The molecule has 7 heteroatoms. The van der Waals surface area contributed by atoms with Gasteiger partial charge in [-0.1, -0.05) is 59.6 Å². The van der Waals surface area contributed by atoms with E-state index in [2.05, 4.69) is 10.1 Å². The van der Waals surface area contributed by atoms with Crippen LogP contribution >= 0.6 is 11.6 Å². The molecule has 146 valence electrons. The Morgan fingerprint density at radius 3 is 2.75 bits per heavy atom. The van der Waals surface area contributed by atoms with Crippen molar-refractivity contribution < 1.29 is 14.1 Å². The van der Waals surface area contributed by atoms with Crippen molar-refractivity contribution in [2.75, 3.05) is 7.05 Å². The summed E-state index contributed by atoms with van der Waals surface area (Å²) in [6, 6.07) is 14.9. The molecule has 1 atom stereocenters. The number of ether oxygens (including phenoxy) is 1. The number of amides is 1. The number of carbonyl (C=O) groups excluding carboxylic acids is 1. The Morgan fingerprint density at radius 1 is 1.25 bits per heavy atom. The van der Waals surface area contributed by atoms with Gasteiger partial charge in [0.15, 0.2) is 6.10 Å². The first kappa shape index (κ1) is 19.9. The van der Waals surface area contributed by atoms with Crippen LogP contribution in [-0.2, 0) is 11.3 Å². The molecule has 0 saturated heterocycles. The molecular formula is C21H22ClN3O3. The van der Waals surface area contributed by atoms with Gasteiger partial charge in [-0.15, -0.1) is 0 Å². The second-order valence-electron chi connectivity index (χ2n) is 6.52. The summed E-state index contributed by atoms with van der Waals surface area (Å²) in [5.41, 5.74) is 1.98. The maximum atomic E-state index is 12.8. The Balaban J connectivity index is 1.67. The Kier molecular flexibility index (Phi) is 6.31. The molecule has 6 nitrogen and oxygen atoms in total. The first-order chi connectivity index (χ1) is 13.5. The molecule has 0 saturated carbocycles. The zero-order chi connectivity index (χ0) is 20.1. The maximum Gasteiger partial charge on any atom is 0.263 e. The summed E-state index contributed by atoms with van der Waals surface area (Å²) < 4.78 is 11.1. The smallest absolute Gasteiger partial charge is 0.263 e. The van der Waals surface area contributed by atoms with Gasteiger partial charge >= 0.3 is 0 Å². The van der Waals surface area contributed by atoms with Crippen LogP contribution in [-0.4, -0.2) is 34.1 Å². The molecule has 0 radical (unpaired) electrons. The number of halogens is 1. The first-order valence-corrected chi connectivity index (χ1v) is 9.41. The normalized spacial score (nSPS) is 11.9. The molecule has 3 rings (SSSR count). The van der Waals surface area contributed by atoms with Crippen molar-refractivity contribution in [2.45, 2.75) is 32.9 Å². The minimum atomic E-state index is -0.649. The van der Waals surface area contributed by atoms with Crippen molar-refractivity contribution in [2.24, 2.45) is 0 Å². The highest BCUT2D eigenvalue weighted by Gasteiger charge is 2.24. The van der Waals surface area contributed by atoms with E-state index in [4.69, 9.17) is 20.9 Å². The molecular weight excluding hydrogens is 378 g/mol. The fourth-order valence-corrected chi connectivity index (χ4v) is 2.93. The van der Waals surface area contributed by atoms with Crippen LogP contribution in [0.1, 0.15) is 24.8 Å². The van der Waals surface area contributed by atoms with Crippen LogP contribution in [0.2, 0.25) is 5.02 Å². The van der Waals surface area contributed by atoms with Crippen LogP contribution in [0, 0.1) is 6.92 Å². The standard InChI is InChI=1S/C21H22ClN3O3/c1-4-17(27-18-11-6-5-10-16(18)22)21(26)25(3)13-19-23-20(24-28-19)15-9-7-8-14(2)12-15/h5-12,17H,4,13H2,1-3H3. The van der Waals surface area contributed by atoms with Crippen molar-refractivity contribution in [3.8, 4) is 17.1 Å². The Labute approximate surface area is 169 Å². The van der Waals surface area contributed by atoms with Crippen LogP contribution in [0.3, 0.4) is 0 Å². The molecule has 0 aliphatic heterocycles. The molecule has 0 fully saturated rings. The highest BCUT2D eigenvalue weighted by molar-refractivity contribution is 6.32. The van der Waals surface area contributed by atoms with Gasteiger partial charge in [-0.25, -0.2) is 0 Å². The average Bonchev–Trinajstić information content (AvgIpc) is 3.15. The Bertz CT molecular complexity index is 957. The SMILES string of the molecule is CCC(Oc1ccccc1Cl)C(=O)N(C)Cc1nc(-c2cccc(C)c2)no1. The monoisotopic (exact) mass is 399 g/mol. The molecule has 28 heavy (non-hydrogen) atoms. The molecule has 0 aliphatic carbocycles. The number of aromatic nitrogens is 2. The predicted molar refractivity (Wildman–Crippen MR) is 107 cm³/mol. The lowest BCUT2D eigenvalue weighted by Gasteiger charge is -2.23. The largest absolute Gasteiger partial charge is 0.479 e. The average molecular weight is 400 g/mol. The van der Waals surface area contributed by atoms with E-state index >= 15 is 0 Å². The van der Waals surface area contributed by atoms with Crippen LogP contribution in [0.4, 0.5) is 0 Å². The fraction of sp³-hybridized carbons (Fsp3) is 0.286. The number of hydrogen-bond donors (Lipinski definition) is 0. The number of hydrogen-bond acceptors (Lipinski definition) is 5. The van der Waals surface area contributed by atoms with Gasteiger partial charge in [0.25, 0.3) is 5.91 Å². The molecule has 2 aromatic carbocycles. The molecule has 0 spiro atoms. The fourth-order valence-electron chi connectivity index (χ4n) is 2.75. The van der Waals surface area contributed by atoms with Gasteiger partial charge < -0.3 is 14.2 Å². The Hall–Kier alpha value is -2.86. The maximum absolute atomic E-state index is 12.8. The van der Waals surface area contributed by atoms with E-state index in [1.807, 2.05) is 50.2 Å². The summed E-state index contributed by atoms with van der Waals surface area (Å²) in [5, 5.41) is 4.48. The number of likely N-dealkylation sites (N-methyl/N-ethyl adjacent to an activating group) is 1. The van der Waals surface area contributed by atoms with Gasteiger partial charge in [-0.3, -0.25) is 4.79 Å². The lowest BCUT2D eigenvalue weighted by molar-refractivity contribution is -0.138. The number of aryl methyl sites for hydroxylation is 1. The van der Waals surface area contributed by atoms with E-state index in [9.17, 15) is 4.79 Å². The minimum Gasteiger partial charge on any atom is -0.479 e. The molecule has 3 aromatic rings. The van der Waals surface area contributed by atoms with Crippen molar-refractivity contribution in [1.29, 1.82) is 0 Å². The van der Waals surface area contributed by atoms with Gasteiger partial charge in [0.1, 0.15) is 5.75 Å². The molecule has 0 N–H and O–H groups in total. The number of nitrogens with zero attached hydrogens (tertiary/aromatic N) is 3. The van der Waals surface area contributed by atoms with Crippen molar-refractivity contribution in [3.63, 3.8) is 0 Å². The molecule has 1 heterocycles. The molecule has 0 aliphatic rings. The minimum absolute atomic E-state index is 0.183. The van der Waals surface area contributed by atoms with Crippen molar-refractivity contribution in [3.05, 3.63) is 65.0 Å². The quantitative estimate of drug-likeness (QED) is 0.584. The zero-order valence-electron chi connectivity index (χ0n) is 16.1. The highest BCUT2D eigenvalue weighted by Crippen LogP contribution is 2.25. The summed E-state index contributed by atoms with van der Waals surface area (Å²) >= 11 is 6.13. The van der Waals surface area contributed by atoms with E-state index in [0.29, 0.717) is 28.9 Å². The summed E-state index contributed by atoms with van der Waals surface area (Å²) in [4.78, 5) is 18.7. The third kappa shape index (κ3) is 4.70. The lowest BCUT2D eigenvalue weighted by Crippen LogP contribution is -2.39.